The number of anilines is 1. The molecular formula is C26H23FN2O3. The van der Waals surface area contributed by atoms with Gasteiger partial charge in [-0.25, -0.2) is 9.18 Å². The van der Waals surface area contributed by atoms with E-state index in [4.69, 9.17) is 4.74 Å². The summed E-state index contributed by atoms with van der Waals surface area (Å²) in [5.41, 5.74) is 5.14. The first-order valence-electron chi connectivity index (χ1n) is 10.2. The van der Waals surface area contributed by atoms with Crippen molar-refractivity contribution in [2.45, 2.75) is 20.8 Å². The molecule has 0 radical (unpaired) electrons. The number of aromatic nitrogens is 1. The zero-order valence-electron chi connectivity index (χ0n) is 18.3. The van der Waals surface area contributed by atoms with Gasteiger partial charge in [-0.1, -0.05) is 18.2 Å². The number of para-hydroxylation sites is 1. The number of esters is 1. The fourth-order valence-corrected chi connectivity index (χ4v) is 4.14. The van der Waals surface area contributed by atoms with Gasteiger partial charge in [0, 0.05) is 28.5 Å². The molecule has 1 aliphatic rings. The summed E-state index contributed by atoms with van der Waals surface area (Å²) in [6.07, 6.45) is 1.77. The molecule has 0 N–H and O–H groups in total. The van der Waals surface area contributed by atoms with Gasteiger partial charge in [0.25, 0.3) is 0 Å². The van der Waals surface area contributed by atoms with E-state index in [1.165, 1.54) is 19.2 Å². The molecule has 2 heterocycles. The summed E-state index contributed by atoms with van der Waals surface area (Å²) in [4.78, 5) is 27.3. The number of carbonyl (C=O) groups excluding carboxylic acids is 2. The number of Topliss-reactive ketones (excluding diaryl/α,β-unsaturated/α-hetero) is 1. The highest BCUT2D eigenvalue weighted by Gasteiger charge is 2.38. The Hall–Kier alpha value is -3.93. The summed E-state index contributed by atoms with van der Waals surface area (Å²) < 4.78 is 20.5. The molecule has 4 rings (SSSR count). The summed E-state index contributed by atoms with van der Waals surface area (Å²) in [6.45, 7) is 5.66. The van der Waals surface area contributed by atoms with Gasteiger partial charge in [0.15, 0.2) is 0 Å². The number of allylic oxidation sites excluding steroid dienone is 2. The molecular weight excluding hydrogens is 407 g/mol. The van der Waals surface area contributed by atoms with Crippen molar-refractivity contribution in [3.8, 4) is 5.69 Å². The van der Waals surface area contributed by atoms with Gasteiger partial charge in [-0.2, -0.15) is 0 Å². The van der Waals surface area contributed by atoms with E-state index in [0.29, 0.717) is 17.1 Å². The predicted molar refractivity (Wildman–Crippen MR) is 122 cm³/mol. The number of hydrogen-bond acceptors (Lipinski definition) is 4. The van der Waals surface area contributed by atoms with E-state index >= 15 is 0 Å². The van der Waals surface area contributed by atoms with Crippen LogP contribution in [0.5, 0.6) is 0 Å². The lowest BCUT2D eigenvalue weighted by Gasteiger charge is -2.21. The Morgan fingerprint density at radius 1 is 0.969 bits per heavy atom. The number of hydrogen-bond donors (Lipinski definition) is 0. The first-order chi connectivity index (χ1) is 15.3. The Morgan fingerprint density at radius 3 is 2.25 bits per heavy atom. The maximum Gasteiger partial charge on any atom is 0.343 e. The number of rotatable bonds is 4. The molecule has 6 heteroatoms. The SMILES string of the molecule is COC(=O)C1=C(C)N(c2ccc(F)cc2)/C(=C\c2cc(C)n(-c3ccccc3)c2C)C1=O. The fraction of sp³-hybridized carbons (Fsp3) is 0.154. The minimum Gasteiger partial charge on any atom is -0.465 e. The van der Waals surface area contributed by atoms with E-state index in [0.717, 1.165) is 22.6 Å². The number of carbonyl (C=O) groups is 2. The van der Waals surface area contributed by atoms with Crippen LogP contribution in [0.2, 0.25) is 0 Å². The van der Waals surface area contributed by atoms with Crippen LogP contribution in [-0.4, -0.2) is 23.4 Å². The molecule has 1 aromatic heterocycles. The largest absolute Gasteiger partial charge is 0.465 e. The van der Waals surface area contributed by atoms with E-state index in [1.807, 2.05) is 50.2 Å². The van der Waals surface area contributed by atoms with Crippen molar-refractivity contribution in [1.29, 1.82) is 0 Å². The average Bonchev–Trinajstić information content (AvgIpc) is 3.20. The van der Waals surface area contributed by atoms with Crippen LogP contribution in [0.4, 0.5) is 10.1 Å². The lowest BCUT2D eigenvalue weighted by molar-refractivity contribution is -0.137. The van der Waals surface area contributed by atoms with E-state index in [1.54, 1.807) is 30.0 Å². The third-order valence-corrected chi connectivity index (χ3v) is 5.65. The molecule has 0 bridgehead atoms. The Kier molecular flexibility index (Phi) is 5.53. The van der Waals surface area contributed by atoms with Crippen molar-refractivity contribution >= 4 is 23.5 Å². The molecule has 3 aromatic rings. The van der Waals surface area contributed by atoms with Crippen molar-refractivity contribution in [3.63, 3.8) is 0 Å². The van der Waals surface area contributed by atoms with Crippen LogP contribution in [0, 0.1) is 19.7 Å². The molecule has 0 unspecified atom stereocenters. The van der Waals surface area contributed by atoms with E-state index in [9.17, 15) is 14.0 Å². The van der Waals surface area contributed by atoms with Crippen LogP contribution < -0.4 is 4.90 Å². The third kappa shape index (κ3) is 3.54. The van der Waals surface area contributed by atoms with Gasteiger partial charge < -0.3 is 14.2 Å². The monoisotopic (exact) mass is 430 g/mol. The lowest BCUT2D eigenvalue weighted by Crippen LogP contribution is -2.18. The van der Waals surface area contributed by atoms with Crippen molar-refractivity contribution in [2.75, 3.05) is 12.0 Å². The molecule has 1 aliphatic heterocycles. The maximum absolute atomic E-state index is 13.5. The van der Waals surface area contributed by atoms with E-state index in [2.05, 4.69) is 4.57 Å². The smallest absolute Gasteiger partial charge is 0.343 e. The van der Waals surface area contributed by atoms with Gasteiger partial charge in [-0.15, -0.1) is 0 Å². The second-order valence-corrected chi connectivity index (χ2v) is 7.62. The van der Waals surface area contributed by atoms with Crippen LogP contribution in [-0.2, 0) is 14.3 Å². The van der Waals surface area contributed by atoms with Crippen LogP contribution in [0.15, 0.2) is 77.6 Å². The van der Waals surface area contributed by atoms with Gasteiger partial charge in [0.2, 0.25) is 5.78 Å². The highest BCUT2D eigenvalue weighted by Crippen LogP contribution is 2.36. The number of methoxy groups -OCH3 is 1. The van der Waals surface area contributed by atoms with Crippen molar-refractivity contribution in [2.24, 2.45) is 0 Å². The number of aryl methyl sites for hydroxylation is 1. The summed E-state index contributed by atoms with van der Waals surface area (Å²) in [5, 5.41) is 0. The molecule has 0 atom stereocenters. The highest BCUT2D eigenvalue weighted by atomic mass is 19.1. The highest BCUT2D eigenvalue weighted by molar-refractivity contribution is 6.30. The Bertz CT molecular complexity index is 1270. The number of ketones is 1. The van der Waals surface area contributed by atoms with Crippen molar-refractivity contribution < 1.29 is 18.7 Å². The number of benzene rings is 2. The lowest BCUT2D eigenvalue weighted by atomic mass is 10.1. The van der Waals surface area contributed by atoms with E-state index < -0.39 is 11.8 Å². The van der Waals surface area contributed by atoms with Gasteiger partial charge in [-0.3, -0.25) is 4.79 Å². The molecule has 0 saturated heterocycles. The van der Waals surface area contributed by atoms with Crippen LogP contribution in [0.3, 0.4) is 0 Å². The Balaban J connectivity index is 1.87. The topological polar surface area (TPSA) is 51.5 Å². The molecule has 0 spiro atoms. The number of ether oxygens (including phenoxy) is 1. The summed E-state index contributed by atoms with van der Waals surface area (Å²) in [6, 6.07) is 17.7. The number of halogens is 1. The first-order valence-corrected chi connectivity index (χ1v) is 10.2. The molecule has 0 saturated carbocycles. The second kappa shape index (κ2) is 8.30. The maximum atomic E-state index is 13.5. The van der Waals surface area contributed by atoms with Crippen LogP contribution in [0.1, 0.15) is 23.9 Å². The second-order valence-electron chi connectivity index (χ2n) is 7.62. The normalized spacial score (nSPS) is 15.1. The molecule has 0 fully saturated rings. The van der Waals surface area contributed by atoms with Crippen molar-refractivity contribution in [1.82, 2.24) is 4.57 Å². The minimum atomic E-state index is -0.697. The minimum absolute atomic E-state index is 0.0278. The van der Waals surface area contributed by atoms with Gasteiger partial charge in [0.1, 0.15) is 11.4 Å². The van der Waals surface area contributed by atoms with Gasteiger partial charge in [0.05, 0.1) is 12.8 Å². The third-order valence-electron chi connectivity index (χ3n) is 5.65. The zero-order chi connectivity index (χ0) is 23.0. The molecule has 0 aliphatic carbocycles. The predicted octanol–water partition coefficient (Wildman–Crippen LogP) is 5.11. The first kappa shape index (κ1) is 21.3. The molecule has 32 heavy (non-hydrogen) atoms. The average molecular weight is 430 g/mol. The molecule has 2 aromatic carbocycles. The quantitative estimate of drug-likeness (QED) is 0.328. The Morgan fingerprint density at radius 2 is 1.62 bits per heavy atom. The molecule has 162 valence electrons. The van der Waals surface area contributed by atoms with Gasteiger partial charge >= 0.3 is 5.97 Å². The zero-order valence-corrected chi connectivity index (χ0v) is 18.3. The Labute approximate surface area is 186 Å². The summed E-state index contributed by atoms with van der Waals surface area (Å²) >= 11 is 0. The van der Waals surface area contributed by atoms with Crippen LogP contribution in [0.25, 0.3) is 11.8 Å². The fourth-order valence-electron chi connectivity index (χ4n) is 4.14. The molecule has 0 amide bonds. The summed E-state index contributed by atoms with van der Waals surface area (Å²) in [5.74, 6) is -1.51. The van der Waals surface area contributed by atoms with Gasteiger partial charge in [-0.05, 0) is 74.9 Å². The number of nitrogens with zero attached hydrogens (tertiary/aromatic N) is 2. The van der Waals surface area contributed by atoms with Crippen molar-refractivity contribution in [3.05, 3.63) is 100 Å². The van der Waals surface area contributed by atoms with E-state index in [-0.39, 0.29) is 11.4 Å². The summed E-state index contributed by atoms with van der Waals surface area (Å²) in [7, 11) is 1.24. The standard InChI is InChI=1S/C26H23FN2O3/c1-16-14-19(17(2)28(16)21-8-6-5-7-9-21)15-23-25(30)24(26(31)32-4)18(3)29(23)22-12-10-20(27)11-13-22/h5-15H,1-4H3/b23-15-. The van der Waals surface area contributed by atoms with Crippen LogP contribution >= 0.6 is 0 Å². The molecule has 5 nitrogen and oxygen atoms in total.